The Balaban J connectivity index is 1.75. The third-order valence-corrected chi connectivity index (χ3v) is 4.71. The van der Waals surface area contributed by atoms with Crippen molar-refractivity contribution in [2.24, 2.45) is 5.10 Å². The maximum atomic E-state index is 12.2. The summed E-state index contributed by atoms with van der Waals surface area (Å²) in [5.41, 5.74) is 3.21. The molecule has 1 heterocycles. The maximum Gasteiger partial charge on any atom is 0.276 e. The first-order chi connectivity index (χ1) is 11.5. The van der Waals surface area contributed by atoms with E-state index in [4.69, 9.17) is 0 Å². The van der Waals surface area contributed by atoms with Crippen molar-refractivity contribution in [1.29, 1.82) is 0 Å². The standard InChI is InChI=1S/C16H17N5O2S/c1-12-7-9-14(10-8-12)24(22,23)20-17-13(2)11-21-16-6-4-3-5-15(16)18-19-21/h3-10,20H,11H2,1-2H3/b17-13+. The molecule has 8 heteroatoms. The second-order valence-corrected chi connectivity index (χ2v) is 7.15. The molecule has 7 nitrogen and oxygen atoms in total. The molecule has 0 radical (unpaired) electrons. The molecule has 0 unspecified atom stereocenters. The summed E-state index contributed by atoms with van der Waals surface area (Å²) in [5.74, 6) is 0. The van der Waals surface area contributed by atoms with Gasteiger partial charge in [-0.25, -0.2) is 9.51 Å². The normalized spacial score (nSPS) is 12.5. The number of benzene rings is 2. The molecular formula is C16H17N5O2S. The third-order valence-electron chi connectivity index (χ3n) is 3.49. The van der Waals surface area contributed by atoms with E-state index in [1.165, 1.54) is 0 Å². The smallest absolute Gasteiger partial charge is 0.239 e. The average molecular weight is 343 g/mol. The van der Waals surface area contributed by atoms with E-state index in [0.29, 0.717) is 12.3 Å². The average Bonchev–Trinajstić information content (AvgIpc) is 2.97. The highest BCUT2D eigenvalue weighted by Crippen LogP contribution is 2.11. The van der Waals surface area contributed by atoms with Crippen LogP contribution in [0.3, 0.4) is 0 Å². The van der Waals surface area contributed by atoms with E-state index in [-0.39, 0.29) is 4.90 Å². The van der Waals surface area contributed by atoms with Gasteiger partial charge in [0.15, 0.2) is 0 Å². The van der Waals surface area contributed by atoms with E-state index in [2.05, 4.69) is 20.2 Å². The zero-order valence-electron chi connectivity index (χ0n) is 13.3. The van der Waals surface area contributed by atoms with Crippen LogP contribution in [-0.2, 0) is 16.6 Å². The van der Waals surface area contributed by atoms with Crippen LogP contribution in [0.1, 0.15) is 12.5 Å². The van der Waals surface area contributed by atoms with E-state index >= 15 is 0 Å². The van der Waals surface area contributed by atoms with Gasteiger partial charge in [0.1, 0.15) is 5.52 Å². The van der Waals surface area contributed by atoms with Crippen LogP contribution >= 0.6 is 0 Å². The highest BCUT2D eigenvalue weighted by atomic mass is 32.2. The fourth-order valence-corrected chi connectivity index (χ4v) is 3.07. The molecule has 0 bridgehead atoms. The predicted octanol–water partition coefficient (Wildman–Crippen LogP) is 2.09. The highest BCUT2D eigenvalue weighted by Gasteiger charge is 2.12. The zero-order valence-corrected chi connectivity index (χ0v) is 14.2. The van der Waals surface area contributed by atoms with Crippen molar-refractivity contribution >= 4 is 26.8 Å². The van der Waals surface area contributed by atoms with Gasteiger partial charge >= 0.3 is 0 Å². The van der Waals surface area contributed by atoms with Crippen molar-refractivity contribution in [2.75, 3.05) is 0 Å². The lowest BCUT2D eigenvalue weighted by Gasteiger charge is -2.06. The molecule has 0 saturated carbocycles. The first-order valence-corrected chi connectivity index (χ1v) is 8.84. The van der Waals surface area contributed by atoms with Crippen LogP contribution in [0.25, 0.3) is 11.0 Å². The molecule has 1 N–H and O–H groups in total. The Kier molecular flexibility index (Phi) is 4.30. The maximum absolute atomic E-state index is 12.2. The Hall–Kier alpha value is -2.74. The minimum atomic E-state index is -3.68. The molecule has 24 heavy (non-hydrogen) atoms. The van der Waals surface area contributed by atoms with Crippen molar-refractivity contribution in [2.45, 2.75) is 25.3 Å². The van der Waals surface area contributed by atoms with Crippen molar-refractivity contribution < 1.29 is 8.42 Å². The second kappa shape index (κ2) is 6.40. The number of fused-ring (bicyclic) bond motifs is 1. The molecule has 3 aromatic rings. The molecule has 124 valence electrons. The van der Waals surface area contributed by atoms with Gasteiger partial charge in [-0.15, -0.1) is 5.10 Å². The number of rotatable bonds is 5. The monoisotopic (exact) mass is 343 g/mol. The van der Waals surface area contributed by atoms with Crippen LogP contribution in [0.15, 0.2) is 58.5 Å². The van der Waals surface area contributed by atoms with E-state index in [1.807, 2.05) is 31.2 Å². The summed E-state index contributed by atoms with van der Waals surface area (Å²) >= 11 is 0. The van der Waals surface area contributed by atoms with Gasteiger partial charge in [-0.2, -0.15) is 13.5 Å². The van der Waals surface area contributed by atoms with Gasteiger partial charge in [0, 0.05) is 0 Å². The molecule has 3 rings (SSSR count). The van der Waals surface area contributed by atoms with E-state index < -0.39 is 10.0 Å². The van der Waals surface area contributed by atoms with Gasteiger partial charge in [0.05, 0.1) is 22.7 Å². The number of hydrogen-bond donors (Lipinski definition) is 1. The summed E-state index contributed by atoms with van der Waals surface area (Å²) in [6.45, 7) is 3.97. The van der Waals surface area contributed by atoms with Crippen LogP contribution in [-0.4, -0.2) is 29.1 Å². The van der Waals surface area contributed by atoms with Crippen LogP contribution < -0.4 is 4.83 Å². The Morgan fingerprint density at radius 3 is 2.62 bits per heavy atom. The lowest BCUT2D eigenvalue weighted by atomic mass is 10.2. The zero-order chi connectivity index (χ0) is 17.2. The summed E-state index contributed by atoms with van der Waals surface area (Å²) in [7, 11) is -3.68. The van der Waals surface area contributed by atoms with Gasteiger partial charge in [0.25, 0.3) is 10.0 Å². The number of sulfonamides is 1. The molecular weight excluding hydrogens is 326 g/mol. The SMILES string of the molecule is C/C(Cn1nnc2ccccc21)=N\NS(=O)(=O)c1ccc(C)cc1. The minimum Gasteiger partial charge on any atom is -0.239 e. The number of para-hydroxylation sites is 1. The van der Waals surface area contributed by atoms with Crippen LogP contribution in [0.5, 0.6) is 0 Å². The molecule has 0 aliphatic rings. The number of nitrogens with one attached hydrogen (secondary N) is 1. The van der Waals surface area contributed by atoms with Crippen molar-refractivity contribution in [1.82, 2.24) is 19.8 Å². The summed E-state index contributed by atoms with van der Waals surface area (Å²) < 4.78 is 26.1. The van der Waals surface area contributed by atoms with Crippen LogP contribution in [0, 0.1) is 6.92 Å². The van der Waals surface area contributed by atoms with Gasteiger partial charge in [-0.05, 0) is 38.1 Å². The molecule has 0 aliphatic carbocycles. The first-order valence-electron chi connectivity index (χ1n) is 7.35. The first kappa shape index (κ1) is 16.1. The summed E-state index contributed by atoms with van der Waals surface area (Å²) in [4.78, 5) is 2.43. The lowest BCUT2D eigenvalue weighted by Crippen LogP contribution is -2.21. The Morgan fingerprint density at radius 2 is 1.88 bits per heavy atom. The molecule has 2 aromatic carbocycles. The predicted molar refractivity (Wildman–Crippen MR) is 92.1 cm³/mol. The fourth-order valence-electron chi connectivity index (χ4n) is 2.19. The van der Waals surface area contributed by atoms with Crippen LogP contribution in [0.4, 0.5) is 0 Å². The molecule has 1 aromatic heterocycles. The van der Waals surface area contributed by atoms with Gasteiger partial charge < -0.3 is 0 Å². The fraction of sp³-hybridized carbons (Fsp3) is 0.188. The Labute approximate surface area is 140 Å². The number of aromatic nitrogens is 3. The van der Waals surface area contributed by atoms with Crippen molar-refractivity contribution in [3.63, 3.8) is 0 Å². The van der Waals surface area contributed by atoms with Crippen molar-refractivity contribution in [3.05, 3.63) is 54.1 Å². The van der Waals surface area contributed by atoms with Crippen LogP contribution in [0.2, 0.25) is 0 Å². The van der Waals surface area contributed by atoms with E-state index in [1.54, 1.807) is 35.9 Å². The van der Waals surface area contributed by atoms with Gasteiger partial charge in [-0.1, -0.05) is 35.0 Å². The van der Waals surface area contributed by atoms with Gasteiger partial charge in [-0.3, -0.25) is 0 Å². The van der Waals surface area contributed by atoms with Crippen molar-refractivity contribution in [3.8, 4) is 0 Å². The quantitative estimate of drug-likeness (QED) is 0.567. The second-order valence-electron chi connectivity index (χ2n) is 5.49. The molecule has 0 fully saturated rings. The van der Waals surface area contributed by atoms with E-state index in [0.717, 1.165) is 16.6 Å². The van der Waals surface area contributed by atoms with Gasteiger partial charge in [0.2, 0.25) is 0 Å². The third kappa shape index (κ3) is 3.43. The summed E-state index contributed by atoms with van der Waals surface area (Å²) in [6, 6.07) is 14.1. The number of hydrogen-bond acceptors (Lipinski definition) is 5. The topological polar surface area (TPSA) is 89.2 Å². The summed E-state index contributed by atoms with van der Waals surface area (Å²) in [5, 5.41) is 12.1. The number of nitrogens with zero attached hydrogens (tertiary/aromatic N) is 4. The largest absolute Gasteiger partial charge is 0.276 e. The lowest BCUT2D eigenvalue weighted by molar-refractivity contribution is 0.584. The highest BCUT2D eigenvalue weighted by molar-refractivity contribution is 7.89. The summed E-state index contributed by atoms with van der Waals surface area (Å²) in [6.07, 6.45) is 0. The Morgan fingerprint density at radius 1 is 1.17 bits per heavy atom. The number of hydrazone groups is 1. The Bertz CT molecular complexity index is 991. The molecule has 0 spiro atoms. The van der Waals surface area contributed by atoms with E-state index in [9.17, 15) is 8.42 Å². The molecule has 0 amide bonds. The molecule has 0 saturated heterocycles. The minimum absolute atomic E-state index is 0.177. The number of aryl methyl sites for hydroxylation is 1. The molecule has 0 aliphatic heterocycles. The molecule has 0 atom stereocenters.